The first kappa shape index (κ1) is 14.5. The lowest BCUT2D eigenvalue weighted by Crippen LogP contribution is -1.94. The minimum atomic E-state index is 0.620. The molecule has 0 saturated heterocycles. The van der Waals surface area contributed by atoms with Crippen molar-refractivity contribution in [3.8, 4) is 17.6 Å². The SMILES string of the molecule is COc1ccc(C(=CC#N)c2ccc(N)cc2)cc1OC. The number of nitriles is 1. The molecular weight excluding hydrogens is 264 g/mol. The Hall–Kier alpha value is -2.93. The zero-order chi connectivity index (χ0) is 15.2. The minimum Gasteiger partial charge on any atom is -0.493 e. The van der Waals surface area contributed by atoms with Gasteiger partial charge in [0.2, 0.25) is 0 Å². The Morgan fingerprint density at radius 3 is 2.19 bits per heavy atom. The van der Waals surface area contributed by atoms with Gasteiger partial charge in [-0.15, -0.1) is 0 Å². The van der Waals surface area contributed by atoms with Crippen molar-refractivity contribution in [1.29, 1.82) is 5.26 Å². The molecule has 0 aliphatic heterocycles. The van der Waals surface area contributed by atoms with E-state index >= 15 is 0 Å². The Kier molecular flexibility index (Phi) is 4.47. The van der Waals surface area contributed by atoms with Gasteiger partial charge in [-0.2, -0.15) is 5.26 Å². The Labute approximate surface area is 124 Å². The van der Waals surface area contributed by atoms with Crippen LogP contribution in [-0.2, 0) is 0 Å². The number of hydrogen-bond acceptors (Lipinski definition) is 4. The maximum absolute atomic E-state index is 9.03. The Morgan fingerprint density at radius 1 is 1.00 bits per heavy atom. The van der Waals surface area contributed by atoms with Gasteiger partial charge in [0.05, 0.1) is 20.3 Å². The van der Waals surface area contributed by atoms with Crippen molar-refractivity contribution >= 4 is 11.3 Å². The normalized spacial score (nSPS) is 10.8. The molecule has 0 aliphatic carbocycles. The number of nitrogens with two attached hydrogens (primary N) is 1. The van der Waals surface area contributed by atoms with E-state index in [1.54, 1.807) is 26.4 Å². The van der Waals surface area contributed by atoms with Crippen LogP contribution >= 0.6 is 0 Å². The Bertz CT molecular complexity index is 698. The molecule has 2 aromatic rings. The largest absolute Gasteiger partial charge is 0.493 e. The van der Waals surface area contributed by atoms with Gasteiger partial charge in [-0.05, 0) is 41.0 Å². The summed E-state index contributed by atoms with van der Waals surface area (Å²) in [6.45, 7) is 0. The van der Waals surface area contributed by atoms with E-state index in [1.165, 1.54) is 6.08 Å². The average Bonchev–Trinajstić information content (AvgIpc) is 2.53. The molecule has 2 rings (SSSR count). The molecule has 0 radical (unpaired) electrons. The second-order valence-corrected chi connectivity index (χ2v) is 4.38. The standard InChI is InChI=1S/C17H16N2O2/c1-20-16-8-5-13(11-17(16)21-2)15(9-10-18)12-3-6-14(19)7-4-12/h3-9,11H,19H2,1-2H3. The Morgan fingerprint density at radius 2 is 1.62 bits per heavy atom. The molecule has 21 heavy (non-hydrogen) atoms. The highest BCUT2D eigenvalue weighted by Crippen LogP contribution is 2.32. The van der Waals surface area contributed by atoms with Crippen molar-refractivity contribution in [2.45, 2.75) is 0 Å². The zero-order valence-corrected chi connectivity index (χ0v) is 12.0. The lowest BCUT2D eigenvalue weighted by Gasteiger charge is -2.12. The van der Waals surface area contributed by atoms with Gasteiger partial charge in [0.25, 0.3) is 0 Å². The lowest BCUT2D eigenvalue weighted by molar-refractivity contribution is 0.355. The van der Waals surface area contributed by atoms with Crippen LogP contribution in [0.25, 0.3) is 5.57 Å². The van der Waals surface area contributed by atoms with Crippen molar-refractivity contribution in [1.82, 2.24) is 0 Å². The maximum Gasteiger partial charge on any atom is 0.161 e. The van der Waals surface area contributed by atoms with Gasteiger partial charge in [-0.3, -0.25) is 0 Å². The number of allylic oxidation sites excluding steroid dienone is 1. The number of ether oxygens (including phenoxy) is 2. The fourth-order valence-corrected chi connectivity index (χ4v) is 2.06. The van der Waals surface area contributed by atoms with Crippen LogP contribution in [0.5, 0.6) is 11.5 Å². The van der Waals surface area contributed by atoms with E-state index < -0.39 is 0 Å². The molecule has 0 spiro atoms. The van der Waals surface area contributed by atoms with Gasteiger partial charge < -0.3 is 15.2 Å². The molecule has 0 saturated carbocycles. The van der Waals surface area contributed by atoms with Gasteiger partial charge >= 0.3 is 0 Å². The van der Waals surface area contributed by atoms with Crippen molar-refractivity contribution < 1.29 is 9.47 Å². The van der Waals surface area contributed by atoms with E-state index in [0.717, 1.165) is 16.7 Å². The topological polar surface area (TPSA) is 68.3 Å². The predicted molar refractivity (Wildman–Crippen MR) is 83.1 cm³/mol. The molecule has 0 fully saturated rings. The number of rotatable bonds is 4. The van der Waals surface area contributed by atoms with Crippen molar-refractivity contribution in [3.63, 3.8) is 0 Å². The van der Waals surface area contributed by atoms with Gasteiger partial charge in [-0.1, -0.05) is 18.2 Å². The average molecular weight is 280 g/mol. The second-order valence-electron chi connectivity index (χ2n) is 4.38. The van der Waals surface area contributed by atoms with Crippen LogP contribution in [-0.4, -0.2) is 14.2 Å². The van der Waals surface area contributed by atoms with Crippen LogP contribution in [0.1, 0.15) is 11.1 Å². The highest BCUT2D eigenvalue weighted by atomic mass is 16.5. The van der Waals surface area contributed by atoms with Crippen molar-refractivity contribution in [2.75, 3.05) is 20.0 Å². The summed E-state index contributed by atoms with van der Waals surface area (Å²) in [5, 5.41) is 9.03. The monoisotopic (exact) mass is 280 g/mol. The molecular formula is C17H16N2O2. The van der Waals surface area contributed by atoms with Crippen LogP contribution < -0.4 is 15.2 Å². The van der Waals surface area contributed by atoms with E-state index in [1.807, 2.05) is 30.3 Å². The van der Waals surface area contributed by atoms with Gasteiger partial charge in [-0.25, -0.2) is 0 Å². The van der Waals surface area contributed by atoms with Crippen LogP contribution in [0.4, 0.5) is 5.69 Å². The maximum atomic E-state index is 9.03. The predicted octanol–water partition coefficient (Wildman–Crippen LogP) is 3.24. The molecule has 0 heterocycles. The third-order valence-corrected chi connectivity index (χ3v) is 3.13. The van der Waals surface area contributed by atoms with Crippen molar-refractivity contribution in [2.24, 2.45) is 0 Å². The molecule has 4 nitrogen and oxygen atoms in total. The summed E-state index contributed by atoms with van der Waals surface area (Å²) in [7, 11) is 3.17. The first-order chi connectivity index (χ1) is 10.2. The Balaban J connectivity index is 2.52. The number of methoxy groups -OCH3 is 2. The lowest BCUT2D eigenvalue weighted by atomic mass is 9.97. The molecule has 0 aromatic heterocycles. The number of nitrogens with zero attached hydrogens (tertiary/aromatic N) is 1. The molecule has 0 amide bonds. The summed E-state index contributed by atoms with van der Waals surface area (Å²) in [5.74, 6) is 1.27. The van der Waals surface area contributed by atoms with Crippen LogP contribution in [0, 0.1) is 11.3 Å². The molecule has 0 unspecified atom stereocenters. The molecule has 0 bridgehead atoms. The fourth-order valence-electron chi connectivity index (χ4n) is 2.06. The third-order valence-electron chi connectivity index (χ3n) is 3.13. The van der Waals surface area contributed by atoms with Crippen LogP contribution in [0.2, 0.25) is 0 Å². The number of benzene rings is 2. The van der Waals surface area contributed by atoms with E-state index in [9.17, 15) is 0 Å². The molecule has 0 aliphatic rings. The summed E-state index contributed by atoms with van der Waals surface area (Å²) in [5.41, 5.74) is 8.98. The third kappa shape index (κ3) is 3.15. The van der Waals surface area contributed by atoms with E-state index in [0.29, 0.717) is 17.2 Å². The number of hydrogen-bond donors (Lipinski definition) is 1. The summed E-state index contributed by atoms with van der Waals surface area (Å²) >= 11 is 0. The van der Waals surface area contributed by atoms with Gasteiger partial charge in [0.1, 0.15) is 0 Å². The van der Waals surface area contributed by atoms with Crippen LogP contribution in [0.15, 0.2) is 48.5 Å². The summed E-state index contributed by atoms with van der Waals surface area (Å²) in [4.78, 5) is 0. The van der Waals surface area contributed by atoms with E-state index in [-0.39, 0.29) is 0 Å². The minimum absolute atomic E-state index is 0.620. The first-order valence-corrected chi connectivity index (χ1v) is 6.37. The fraction of sp³-hybridized carbons (Fsp3) is 0.118. The summed E-state index contributed by atoms with van der Waals surface area (Å²) < 4.78 is 10.5. The van der Waals surface area contributed by atoms with Gasteiger partial charge in [0.15, 0.2) is 11.5 Å². The summed E-state index contributed by atoms with van der Waals surface area (Å²) in [6, 6.07) is 15.0. The molecule has 0 atom stereocenters. The highest BCUT2D eigenvalue weighted by Gasteiger charge is 2.10. The first-order valence-electron chi connectivity index (χ1n) is 6.37. The van der Waals surface area contributed by atoms with E-state index in [2.05, 4.69) is 6.07 Å². The van der Waals surface area contributed by atoms with Crippen LogP contribution in [0.3, 0.4) is 0 Å². The van der Waals surface area contributed by atoms with Crippen molar-refractivity contribution in [3.05, 3.63) is 59.7 Å². The molecule has 106 valence electrons. The summed E-state index contributed by atoms with van der Waals surface area (Å²) in [6.07, 6.45) is 1.51. The molecule has 2 aromatic carbocycles. The highest BCUT2D eigenvalue weighted by molar-refractivity contribution is 5.82. The zero-order valence-electron chi connectivity index (χ0n) is 12.0. The molecule has 4 heteroatoms. The number of nitrogen functional groups attached to an aromatic ring is 1. The van der Waals surface area contributed by atoms with Gasteiger partial charge in [0, 0.05) is 11.8 Å². The quantitative estimate of drug-likeness (QED) is 0.689. The van der Waals surface area contributed by atoms with E-state index in [4.69, 9.17) is 20.5 Å². The second kappa shape index (κ2) is 6.49. The number of anilines is 1. The smallest absolute Gasteiger partial charge is 0.161 e. The molecule has 2 N–H and O–H groups in total.